The minimum Gasteiger partial charge on any atom is -0.338 e. The van der Waals surface area contributed by atoms with Crippen LogP contribution in [0.25, 0.3) is 0 Å². The lowest BCUT2D eigenvalue weighted by atomic mass is 10.0. The third kappa shape index (κ3) is 4.46. The summed E-state index contributed by atoms with van der Waals surface area (Å²) in [4.78, 5) is 11.0. The molecule has 1 aliphatic heterocycles. The number of hydrogen-bond acceptors (Lipinski definition) is 2. The fourth-order valence-electron chi connectivity index (χ4n) is 1.75. The molecule has 0 bridgehead atoms. The van der Waals surface area contributed by atoms with Crippen molar-refractivity contribution in [2.75, 3.05) is 19.6 Å². The first-order valence-electron chi connectivity index (χ1n) is 5.58. The summed E-state index contributed by atoms with van der Waals surface area (Å²) in [5, 5.41) is 9.01. The summed E-state index contributed by atoms with van der Waals surface area (Å²) in [6.07, 6.45) is 4.90. The van der Waals surface area contributed by atoms with Gasteiger partial charge in [-0.1, -0.05) is 6.42 Å². The lowest BCUT2D eigenvalue weighted by Crippen LogP contribution is -2.40. The van der Waals surface area contributed by atoms with Gasteiger partial charge in [0.15, 0.2) is 0 Å². The highest BCUT2D eigenvalue weighted by atomic mass is 16.2. The molecule has 82 valence electrons. The molecular weight excluding hydrogens is 178 g/mol. The van der Waals surface area contributed by atoms with Crippen molar-refractivity contribution < 1.29 is 4.79 Å². The van der Waals surface area contributed by atoms with Gasteiger partial charge in [0.1, 0.15) is 0 Å². The minimum atomic E-state index is -0.0525. The Morgan fingerprint density at radius 3 is 2.93 bits per heavy atom. The molecule has 3 N–H and O–H groups in total. The highest BCUT2D eigenvalue weighted by Crippen LogP contribution is 2.08. The Labute approximate surface area is 85.8 Å². The van der Waals surface area contributed by atoms with Crippen LogP contribution in [-0.2, 0) is 0 Å². The van der Waals surface area contributed by atoms with Crippen molar-refractivity contribution in [2.24, 2.45) is 0 Å². The van der Waals surface area contributed by atoms with E-state index in [9.17, 15) is 4.79 Å². The Morgan fingerprint density at radius 1 is 1.43 bits per heavy atom. The average molecular weight is 199 g/mol. The molecule has 4 nitrogen and oxygen atoms in total. The smallest absolute Gasteiger partial charge is 0.314 e. The molecular formula is C10H21N3O. The van der Waals surface area contributed by atoms with Crippen molar-refractivity contribution >= 4 is 6.03 Å². The molecule has 0 radical (unpaired) electrons. The van der Waals surface area contributed by atoms with E-state index < -0.39 is 0 Å². The summed E-state index contributed by atoms with van der Waals surface area (Å²) in [6, 6.07) is 0.550. The van der Waals surface area contributed by atoms with Gasteiger partial charge in [0.2, 0.25) is 0 Å². The lowest BCUT2D eigenvalue weighted by Gasteiger charge is -2.23. The minimum absolute atomic E-state index is 0.0525. The summed E-state index contributed by atoms with van der Waals surface area (Å²) in [7, 11) is 0. The maximum Gasteiger partial charge on any atom is 0.314 e. The molecule has 1 aliphatic rings. The predicted molar refractivity (Wildman–Crippen MR) is 57.3 cm³/mol. The second-order valence-electron chi connectivity index (χ2n) is 3.72. The van der Waals surface area contributed by atoms with Crippen molar-refractivity contribution in [1.82, 2.24) is 16.0 Å². The Kier molecular flexibility index (Phi) is 5.37. The number of piperidine rings is 1. The van der Waals surface area contributed by atoms with Crippen molar-refractivity contribution in [2.45, 2.75) is 38.6 Å². The van der Waals surface area contributed by atoms with Crippen LogP contribution in [0.1, 0.15) is 32.6 Å². The lowest BCUT2D eigenvalue weighted by molar-refractivity contribution is 0.240. The second-order valence-corrected chi connectivity index (χ2v) is 3.72. The van der Waals surface area contributed by atoms with Gasteiger partial charge in [-0.25, -0.2) is 4.79 Å². The van der Waals surface area contributed by atoms with Crippen LogP contribution in [0.5, 0.6) is 0 Å². The number of hydrogen-bond donors (Lipinski definition) is 3. The van der Waals surface area contributed by atoms with Crippen LogP contribution in [0, 0.1) is 0 Å². The van der Waals surface area contributed by atoms with Crippen LogP contribution in [0.15, 0.2) is 0 Å². The van der Waals surface area contributed by atoms with E-state index in [0.29, 0.717) is 12.6 Å². The number of carbonyl (C=O) groups excluding carboxylic acids is 1. The van der Waals surface area contributed by atoms with Crippen molar-refractivity contribution in [3.8, 4) is 0 Å². The molecule has 0 aliphatic carbocycles. The largest absolute Gasteiger partial charge is 0.338 e. The topological polar surface area (TPSA) is 53.2 Å². The Balaban J connectivity index is 1.99. The van der Waals surface area contributed by atoms with E-state index in [4.69, 9.17) is 0 Å². The highest BCUT2D eigenvalue weighted by molar-refractivity contribution is 5.73. The molecule has 1 fully saturated rings. The fraction of sp³-hybridized carbons (Fsp3) is 0.900. The summed E-state index contributed by atoms with van der Waals surface area (Å²) < 4.78 is 0. The fourth-order valence-corrected chi connectivity index (χ4v) is 1.75. The van der Waals surface area contributed by atoms with E-state index in [1.54, 1.807) is 0 Å². The van der Waals surface area contributed by atoms with Crippen molar-refractivity contribution in [1.29, 1.82) is 0 Å². The van der Waals surface area contributed by atoms with Crippen molar-refractivity contribution in [3.63, 3.8) is 0 Å². The molecule has 0 aromatic rings. The molecule has 0 aromatic heterocycles. The molecule has 1 rings (SSSR count). The number of nitrogens with one attached hydrogen (secondary N) is 3. The van der Waals surface area contributed by atoms with Crippen LogP contribution in [0.2, 0.25) is 0 Å². The number of carbonyl (C=O) groups is 1. The van der Waals surface area contributed by atoms with Crippen LogP contribution in [-0.4, -0.2) is 31.7 Å². The van der Waals surface area contributed by atoms with Crippen molar-refractivity contribution in [3.05, 3.63) is 0 Å². The van der Waals surface area contributed by atoms with E-state index in [-0.39, 0.29) is 6.03 Å². The molecule has 4 heteroatoms. The first kappa shape index (κ1) is 11.3. The van der Waals surface area contributed by atoms with Crippen LogP contribution >= 0.6 is 0 Å². The van der Waals surface area contributed by atoms with Gasteiger partial charge in [-0.3, -0.25) is 0 Å². The van der Waals surface area contributed by atoms with Crippen LogP contribution < -0.4 is 16.0 Å². The van der Waals surface area contributed by atoms with E-state index in [0.717, 1.165) is 19.5 Å². The standard InChI is InChI=1S/C10H21N3O/c1-2-11-10(14)13-8-6-9-5-3-4-7-12-9/h9,12H,2-8H2,1H3,(H2,11,13,14). The van der Waals surface area contributed by atoms with Gasteiger partial charge < -0.3 is 16.0 Å². The normalized spacial score (nSPS) is 21.6. The van der Waals surface area contributed by atoms with Crippen LogP contribution in [0.3, 0.4) is 0 Å². The monoisotopic (exact) mass is 199 g/mol. The van der Waals surface area contributed by atoms with E-state index in [1.807, 2.05) is 6.92 Å². The maximum atomic E-state index is 11.0. The summed E-state index contributed by atoms with van der Waals surface area (Å²) in [6.45, 7) is 4.51. The molecule has 0 saturated carbocycles. The Hall–Kier alpha value is -0.770. The second kappa shape index (κ2) is 6.65. The zero-order valence-electron chi connectivity index (χ0n) is 8.94. The summed E-state index contributed by atoms with van der Waals surface area (Å²) in [5.74, 6) is 0. The van der Waals surface area contributed by atoms with Crippen LogP contribution in [0.4, 0.5) is 4.79 Å². The molecule has 1 saturated heterocycles. The third-order valence-electron chi connectivity index (χ3n) is 2.53. The maximum absolute atomic E-state index is 11.0. The summed E-state index contributed by atoms with van der Waals surface area (Å²) >= 11 is 0. The van der Waals surface area contributed by atoms with E-state index >= 15 is 0 Å². The first-order chi connectivity index (χ1) is 6.83. The van der Waals surface area contributed by atoms with Gasteiger partial charge in [0.25, 0.3) is 0 Å². The van der Waals surface area contributed by atoms with Gasteiger partial charge >= 0.3 is 6.03 Å². The SMILES string of the molecule is CCNC(=O)NCCC1CCCCN1. The van der Waals surface area contributed by atoms with Gasteiger partial charge in [-0.15, -0.1) is 0 Å². The van der Waals surface area contributed by atoms with Gasteiger partial charge in [-0.2, -0.15) is 0 Å². The molecule has 14 heavy (non-hydrogen) atoms. The molecule has 0 aromatic carbocycles. The van der Waals surface area contributed by atoms with E-state index in [1.165, 1.54) is 19.3 Å². The van der Waals surface area contributed by atoms with E-state index in [2.05, 4.69) is 16.0 Å². The van der Waals surface area contributed by atoms with Gasteiger partial charge in [0.05, 0.1) is 0 Å². The molecule has 1 atom stereocenters. The molecule has 1 heterocycles. The quantitative estimate of drug-likeness (QED) is 0.628. The average Bonchev–Trinajstić information content (AvgIpc) is 2.20. The zero-order valence-corrected chi connectivity index (χ0v) is 8.94. The number of amides is 2. The van der Waals surface area contributed by atoms with Gasteiger partial charge in [-0.05, 0) is 32.7 Å². The number of rotatable bonds is 4. The molecule has 2 amide bonds. The predicted octanol–water partition coefficient (Wildman–Crippen LogP) is 0.838. The Bertz CT molecular complexity index is 167. The summed E-state index contributed by atoms with van der Waals surface area (Å²) in [5.41, 5.74) is 0. The zero-order chi connectivity index (χ0) is 10.2. The first-order valence-corrected chi connectivity index (χ1v) is 5.58. The third-order valence-corrected chi connectivity index (χ3v) is 2.53. The molecule has 0 spiro atoms. The Morgan fingerprint density at radius 2 is 2.29 bits per heavy atom. The number of urea groups is 1. The highest BCUT2D eigenvalue weighted by Gasteiger charge is 2.11. The van der Waals surface area contributed by atoms with Gasteiger partial charge in [0, 0.05) is 19.1 Å². The molecule has 1 unspecified atom stereocenters.